The number of benzene rings is 2. The van der Waals surface area contributed by atoms with E-state index in [0.717, 1.165) is 6.07 Å². The largest absolute Gasteiger partial charge is 0.455 e. The summed E-state index contributed by atoms with van der Waals surface area (Å²) in [5, 5.41) is 2.36. The van der Waals surface area contributed by atoms with Crippen molar-refractivity contribution in [1.29, 1.82) is 0 Å². The number of rotatable bonds is 6. The predicted molar refractivity (Wildman–Crippen MR) is 79.3 cm³/mol. The van der Waals surface area contributed by atoms with E-state index < -0.39 is 35.9 Å². The number of carbonyl (C=O) groups is 2. The van der Waals surface area contributed by atoms with Gasteiger partial charge in [-0.15, -0.1) is 0 Å². The highest BCUT2D eigenvalue weighted by molar-refractivity contribution is 5.81. The summed E-state index contributed by atoms with van der Waals surface area (Å²) in [7, 11) is 0. The van der Waals surface area contributed by atoms with Crippen LogP contribution in [0.5, 0.6) is 0 Å². The molecule has 24 heavy (non-hydrogen) atoms. The minimum atomic E-state index is -0.774. The molecule has 0 atom stereocenters. The van der Waals surface area contributed by atoms with Crippen LogP contribution >= 0.6 is 0 Å². The van der Waals surface area contributed by atoms with Crippen LogP contribution in [0.1, 0.15) is 11.1 Å². The van der Waals surface area contributed by atoms with Gasteiger partial charge in [0.15, 0.2) is 6.61 Å². The fraction of sp³-hybridized carbons (Fsp3) is 0.176. The third kappa shape index (κ3) is 5.42. The van der Waals surface area contributed by atoms with Gasteiger partial charge < -0.3 is 10.1 Å². The molecule has 0 unspecified atom stereocenters. The lowest BCUT2D eigenvalue weighted by Gasteiger charge is -2.07. The van der Waals surface area contributed by atoms with Crippen LogP contribution in [-0.4, -0.2) is 18.5 Å². The summed E-state index contributed by atoms with van der Waals surface area (Å²) in [6.45, 7) is -0.677. The second kappa shape index (κ2) is 8.14. The maximum absolute atomic E-state index is 13.4. The molecule has 126 valence electrons. The lowest BCUT2D eigenvalue weighted by Crippen LogP contribution is -2.29. The lowest BCUT2D eigenvalue weighted by atomic mass is 10.1. The van der Waals surface area contributed by atoms with Gasteiger partial charge >= 0.3 is 5.97 Å². The number of halogens is 3. The molecule has 0 bridgehead atoms. The number of hydrogen-bond acceptors (Lipinski definition) is 3. The lowest BCUT2D eigenvalue weighted by molar-refractivity contribution is -0.147. The molecule has 0 fully saturated rings. The van der Waals surface area contributed by atoms with Crippen molar-refractivity contribution in [3.8, 4) is 0 Å². The molecule has 0 saturated carbocycles. The highest BCUT2D eigenvalue weighted by Crippen LogP contribution is 2.09. The van der Waals surface area contributed by atoms with Crippen LogP contribution in [0.25, 0.3) is 0 Å². The molecule has 4 nitrogen and oxygen atoms in total. The minimum absolute atomic E-state index is 0.0971. The number of amides is 1. The predicted octanol–water partition coefficient (Wildman–Crippen LogP) is 2.51. The molecule has 0 spiro atoms. The van der Waals surface area contributed by atoms with Crippen LogP contribution in [0.2, 0.25) is 0 Å². The summed E-state index contributed by atoms with van der Waals surface area (Å²) in [4.78, 5) is 23.1. The number of nitrogens with one attached hydrogen (secondary N) is 1. The molecule has 2 aromatic carbocycles. The Morgan fingerprint density at radius 1 is 0.958 bits per heavy atom. The van der Waals surface area contributed by atoms with E-state index in [0.29, 0.717) is 11.6 Å². The number of esters is 1. The van der Waals surface area contributed by atoms with Crippen LogP contribution in [0.3, 0.4) is 0 Å². The fourth-order valence-corrected chi connectivity index (χ4v) is 1.88. The first-order valence-corrected chi connectivity index (χ1v) is 7.05. The highest BCUT2D eigenvalue weighted by atomic mass is 19.1. The maximum Gasteiger partial charge on any atom is 0.310 e. The summed E-state index contributed by atoms with van der Waals surface area (Å²) >= 11 is 0. The SMILES string of the molecule is O=C(COC(=O)Cc1ccc(F)cc1)NCc1ccc(F)cc1F. The Morgan fingerprint density at radius 2 is 1.62 bits per heavy atom. The Hall–Kier alpha value is -2.83. The highest BCUT2D eigenvalue weighted by Gasteiger charge is 2.10. The molecule has 2 rings (SSSR count). The van der Waals surface area contributed by atoms with Gasteiger partial charge in [0.05, 0.1) is 6.42 Å². The Bertz CT molecular complexity index is 732. The molecule has 1 N–H and O–H groups in total. The normalized spacial score (nSPS) is 10.3. The molecule has 0 heterocycles. The molecule has 1 amide bonds. The van der Waals surface area contributed by atoms with Gasteiger partial charge in [0.1, 0.15) is 17.5 Å². The van der Waals surface area contributed by atoms with Crippen molar-refractivity contribution in [2.24, 2.45) is 0 Å². The Kier molecular flexibility index (Phi) is 5.95. The smallest absolute Gasteiger partial charge is 0.310 e. The molecule has 0 aliphatic rings. The van der Waals surface area contributed by atoms with E-state index in [9.17, 15) is 22.8 Å². The average Bonchev–Trinajstić information content (AvgIpc) is 2.54. The van der Waals surface area contributed by atoms with Crippen LogP contribution in [0.15, 0.2) is 42.5 Å². The van der Waals surface area contributed by atoms with E-state index >= 15 is 0 Å². The first-order valence-electron chi connectivity index (χ1n) is 7.05. The van der Waals surface area contributed by atoms with E-state index in [1.54, 1.807) is 0 Å². The summed E-state index contributed by atoms with van der Waals surface area (Å²) in [5.74, 6) is -3.17. The quantitative estimate of drug-likeness (QED) is 0.824. The van der Waals surface area contributed by atoms with E-state index in [1.165, 1.54) is 30.3 Å². The van der Waals surface area contributed by atoms with Crippen molar-refractivity contribution in [3.63, 3.8) is 0 Å². The average molecular weight is 337 g/mol. The second-order valence-electron chi connectivity index (χ2n) is 4.98. The topological polar surface area (TPSA) is 55.4 Å². The van der Waals surface area contributed by atoms with Crippen LogP contribution in [-0.2, 0) is 27.3 Å². The van der Waals surface area contributed by atoms with Gasteiger partial charge in [0, 0.05) is 18.2 Å². The zero-order valence-corrected chi connectivity index (χ0v) is 12.5. The van der Waals surface area contributed by atoms with E-state index in [-0.39, 0.29) is 18.5 Å². The molecule has 0 aromatic heterocycles. The fourth-order valence-electron chi connectivity index (χ4n) is 1.88. The third-order valence-corrected chi connectivity index (χ3v) is 3.12. The molecular formula is C17H14F3NO3. The zero-order chi connectivity index (χ0) is 17.5. The first-order chi connectivity index (χ1) is 11.4. The van der Waals surface area contributed by atoms with Crippen LogP contribution in [0, 0.1) is 17.5 Å². The standard InChI is InChI=1S/C17H14F3NO3/c18-13-4-1-11(2-5-13)7-17(23)24-10-16(22)21-9-12-3-6-14(19)8-15(12)20/h1-6,8H,7,9-10H2,(H,21,22). The van der Waals surface area contributed by atoms with Gasteiger partial charge in [-0.3, -0.25) is 9.59 Å². The van der Waals surface area contributed by atoms with E-state index in [2.05, 4.69) is 5.32 Å². The summed E-state index contributed by atoms with van der Waals surface area (Å²) in [6.07, 6.45) is -0.0971. The summed E-state index contributed by atoms with van der Waals surface area (Å²) in [5.41, 5.74) is 0.664. The molecule has 0 aliphatic carbocycles. The Morgan fingerprint density at radius 3 is 2.29 bits per heavy atom. The number of carbonyl (C=O) groups excluding carboxylic acids is 2. The molecular weight excluding hydrogens is 323 g/mol. The number of ether oxygens (including phenoxy) is 1. The van der Waals surface area contributed by atoms with Gasteiger partial charge in [0.2, 0.25) is 0 Å². The van der Waals surface area contributed by atoms with Gasteiger partial charge in [-0.2, -0.15) is 0 Å². The Balaban J connectivity index is 1.74. The summed E-state index contributed by atoms with van der Waals surface area (Å²) < 4.78 is 43.6. The molecule has 0 saturated heterocycles. The van der Waals surface area contributed by atoms with Gasteiger partial charge in [-0.05, 0) is 23.8 Å². The maximum atomic E-state index is 13.4. The minimum Gasteiger partial charge on any atom is -0.455 e. The number of hydrogen-bond donors (Lipinski definition) is 1. The van der Waals surface area contributed by atoms with Gasteiger partial charge in [-0.25, -0.2) is 13.2 Å². The second-order valence-corrected chi connectivity index (χ2v) is 4.98. The Labute approximate surface area is 136 Å². The molecule has 7 heteroatoms. The van der Waals surface area contributed by atoms with Crippen molar-refractivity contribution in [2.75, 3.05) is 6.61 Å². The van der Waals surface area contributed by atoms with Crippen LogP contribution < -0.4 is 5.32 Å². The van der Waals surface area contributed by atoms with E-state index in [4.69, 9.17) is 4.74 Å². The monoisotopic (exact) mass is 337 g/mol. The summed E-state index contributed by atoms with van der Waals surface area (Å²) in [6, 6.07) is 8.31. The zero-order valence-electron chi connectivity index (χ0n) is 12.5. The molecule has 0 radical (unpaired) electrons. The van der Waals surface area contributed by atoms with Gasteiger partial charge in [0.25, 0.3) is 5.91 Å². The van der Waals surface area contributed by atoms with Crippen molar-refractivity contribution >= 4 is 11.9 Å². The first kappa shape index (κ1) is 17.5. The van der Waals surface area contributed by atoms with Gasteiger partial charge in [-0.1, -0.05) is 18.2 Å². The van der Waals surface area contributed by atoms with E-state index in [1.807, 2.05) is 0 Å². The third-order valence-electron chi connectivity index (χ3n) is 3.12. The molecule has 2 aromatic rings. The van der Waals surface area contributed by atoms with Crippen molar-refractivity contribution in [2.45, 2.75) is 13.0 Å². The van der Waals surface area contributed by atoms with Crippen molar-refractivity contribution < 1.29 is 27.5 Å². The van der Waals surface area contributed by atoms with Crippen molar-refractivity contribution in [1.82, 2.24) is 5.32 Å². The van der Waals surface area contributed by atoms with Crippen molar-refractivity contribution in [3.05, 3.63) is 71.0 Å². The molecule has 0 aliphatic heterocycles. The van der Waals surface area contributed by atoms with Crippen LogP contribution in [0.4, 0.5) is 13.2 Å².